The normalized spacial score (nSPS) is 38.0. The third-order valence-electron chi connectivity index (χ3n) is 2.81. The Morgan fingerprint density at radius 2 is 2.18 bits per heavy atom. The van der Waals surface area contributed by atoms with Gasteiger partial charge in [-0.2, -0.15) is 0 Å². The van der Waals surface area contributed by atoms with Crippen molar-refractivity contribution in [3.05, 3.63) is 0 Å². The third kappa shape index (κ3) is 3.62. The van der Waals surface area contributed by atoms with Crippen LogP contribution < -0.4 is 5.73 Å². The number of aliphatic hydroxyl groups excluding tert-OH is 1. The Kier molecular flexibility index (Phi) is 5.29. The number of carboxylic acids is 1. The zero-order valence-electron chi connectivity index (χ0n) is 9.91. The van der Waals surface area contributed by atoms with Crippen LogP contribution in [0.3, 0.4) is 0 Å². The summed E-state index contributed by atoms with van der Waals surface area (Å²) in [4.78, 5) is 10.3. The number of aliphatic hydroxyl groups is 1. The van der Waals surface area contributed by atoms with Gasteiger partial charge in [0.2, 0.25) is 0 Å². The fraction of sp³-hybridized carbons (Fsp3) is 0.900. The molecule has 0 radical (unpaired) electrons. The SMILES string of the molecule is COC1C(COCC(=O)O)OC(C)C(N)C1O. The van der Waals surface area contributed by atoms with E-state index in [0.717, 1.165) is 0 Å². The van der Waals surface area contributed by atoms with Crippen LogP contribution >= 0.6 is 0 Å². The average molecular weight is 249 g/mol. The van der Waals surface area contributed by atoms with E-state index < -0.39 is 36.9 Å². The highest BCUT2D eigenvalue weighted by molar-refractivity contribution is 5.67. The molecule has 4 N–H and O–H groups in total. The van der Waals surface area contributed by atoms with E-state index >= 15 is 0 Å². The van der Waals surface area contributed by atoms with E-state index in [1.807, 2.05) is 0 Å². The second-order valence-corrected chi connectivity index (χ2v) is 4.06. The van der Waals surface area contributed by atoms with Gasteiger partial charge in [0.1, 0.15) is 24.9 Å². The number of methoxy groups -OCH3 is 1. The number of ether oxygens (including phenoxy) is 3. The maximum absolute atomic E-state index is 10.3. The van der Waals surface area contributed by atoms with Gasteiger partial charge in [0.15, 0.2) is 0 Å². The van der Waals surface area contributed by atoms with E-state index in [-0.39, 0.29) is 12.7 Å². The highest BCUT2D eigenvalue weighted by Crippen LogP contribution is 2.22. The lowest BCUT2D eigenvalue weighted by Crippen LogP contribution is -2.61. The smallest absolute Gasteiger partial charge is 0.329 e. The minimum Gasteiger partial charge on any atom is -0.480 e. The van der Waals surface area contributed by atoms with Gasteiger partial charge < -0.3 is 30.2 Å². The molecule has 0 amide bonds. The Bertz CT molecular complexity index is 261. The maximum Gasteiger partial charge on any atom is 0.329 e. The molecule has 0 aromatic carbocycles. The lowest BCUT2D eigenvalue weighted by molar-refractivity contribution is -0.199. The Balaban J connectivity index is 2.53. The standard InChI is InChI=1S/C10H19NO6/c1-5-8(11)9(14)10(15-2)6(17-5)3-16-4-7(12)13/h5-6,8-10,14H,3-4,11H2,1-2H3,(H,12,13). The minimum absolute atomic E-state index is 0.0406. The topological polar surface area (TPSA) is 111 Å². The van der Waals surface area contributed by atoms with Crippen LogP contribution in [-0.4, -0.2) is 67.0 Å². The number of carbonyl (C=O) groups is 1. The first-order chi connectivity index (χ1) is 7.97. The fourth-order valence-electron chi connectivity index (χ4n) is 1.85. The van der Waals surface area contributed by atoms with Crippen molar-refractivity contribution in [2.75, 3.05) is 20.3 Å². The van der Waals surface area contributed by atoms with Gasteiger partial charge in [-0.1, -0.05) is 0 Å². The van der Waals surface area contributed by atoms with Gasteiger partial charge >= 0.3 is 5.97 Å². The summed E-state index contributed by atoms with van der Waals surface area (Å²) in [6, 6.07) is -0.532. The molecule has 0 aliphatic carbocycles. The summed E-state index contributed by atoms with van der Waals surface area (Å²) in [5, 5.41) is 18.3. The van der Waals surface area contributed by atoms with Crippen LogP contribution in [0.2, 0.25) is 0 Å². The van der Waals surface area contributed by atoms with Gasteiger partial charge in [-0.3, -0.25) is 0 Å². The van der Waals surface area contributed by atoms with Crippen molar-refractivity contribution in [3.63, 3.8) is 0 Å². The largest absolute Gasteiger partial charge is 0.480 e. The number of carboxylic acid groups (broad SMARTS) is 1. The summed E-state index contributed by atoms with van der Waals surface area (Å²) >= 11 is 0. The minimum atomic E-state index is -1.06. The maximum atomic E-state index is 10.3. The van der Waals surface area contributed by atoms with Gasteiger partial charge in [0.05, 0.1) is 18.8 Å². The summed E-state index contributed by atoms with van der Waals surface area (Å²) < 4.78 is 15.6. The van der Waals surface area contributed by atoms with Crippen LogP contribution in [0.1, 0.15) is 6.92 Å². The van der Waals surface area contributed by atoms with Crippen molar-refractivity contribution in [2.24, 2.45) is 5.73 Å². The van der Waals surface area contributed by atoms with E-state index in [4.69, 9.17) is 25.1 Å². The van der Waals surface area contributed by atoms with Crippen molar-refractivity contribution in [1.82, 2.24) is 0 Å². The first-order valence-electron chi connectivity index (χ1n) is 5.38. The number of nitrogens with two attached hydrogens (primary N) is 1. The average Bonchev–Trinajstić information content (AvgIpc) is 2.26. The fourth-order valence-corrected chi connectivity index (χ4v) is 1.85. The molecule has 0 aromatic rings. The Morgan fingerprint density at radius 1 is 1.53 bits per heavy atom. The lowest BCUT2D eigenvalue weighted by Gasteiger charge is -2.41. The Labute approximate surface area is 99.4 Å². The molecule has 1 aliphatic heterocycles. The van der Waals surface area contributed by atoms with Crippen molar-refractivity contribution in [1.29, 1.82) is 0 Å². The highest BCUT2D eigenvalue weighted by atomic mass is 16.6. The second-order valence-electron chi connectivity index (χ2n) is 4.06. The summed E-state index contributed by atoms with van der Waals surface area (Å²) in [6.45, 7) is 1.37. The molecule has 17 heavy (non-hydrogen) atoms. The predicted octanol–water partition coefficient (Wildman–Crippen LogP) is -1.42. The summed E-state index contributed by atoms with van der Waals surface area (Å²) in [7, 11) is 1.43. The van der Waals surface area contributed by atoms with Gasteiger partial charge in [0, 0.05) is 7.11 Å². The number of hydrogen-bond donors (Lipinski definition) is 3. The molecule has 1 heterocycles. The van der Waals surface area contributed by atoms with Crippen LogP contribution in [0.5, 0.6) is 0 Å². The Morgan fingerprint density at radius 3 is 2.71 bits per heavy atom. The van der Waals surface area contributed by atoms with Gasteiger partial charge in [-0.25, -0.2) is 4.79 Å². The molecule has 5 atom stereocenters. The van der Waals surface area contributed by atoms with Crippen LogP contribution in [0.25, 0.3) is 0 Å². The summed E-state index contributed by atoms with van der Waals surface area (Å²) in [6.07, 6.45) is -2.34. The molecular weight excluding hydrogens is 230 g/mol. The van der Waals surface area contributed by atoms with Crippen molar-refractivity contribution in [3.8, 4) is 0 Å². The van der Waals surface area contributed by atoms with E-state index in [1.165, 1.54) is 7.11 Å². The van der Waals surface area contributed by atoms with Crippen LogP contribution in [0.4, 0.5) is 0 Å². The number of rotatable bonds is 5. The molecule has 0 bridgehead atoms. The quantitative estimate of drug-likeness (QED) is 0.548. The van der Waals surface area contributed by atoms with Gasteiger partial charge in [0.25, 0.3) is 0 Å². The molecule has 7 nitrogen and oxygen atoms in total. The Hall–Kier alpha value is -0.730. The van der Waals surface area contributed by atoms with Crippen molar-refractivity contribution in [2.45, 2.75) is 37.4 Å². The molecular formula is C10H19NO6. The highest BCUT2D eigenvalue weighted by Gasteiger charge is 2.42. The van der Waals surface area contributed by atoms with Crippen LogP contribution in [0, 0.1) is 0 Å². The predicted molar refractivity (Wildman–Crippen MR) is 57.6 cm³/mol. The molecule has 1 rings (SSSR count). The summed E-state index contributed by atoms with van der Waals surface area (Å²) in [5.74, 6) is -1.06. The van der Waals surface area contributed by atoms with E-state index in [0.29, 0.717) is 0 Å². The molecule has 1 aliphatic rings. The lowest BCUT2D eigenvalue weighted by atomic mass is 9.94. The second kappa shape index (κ2) is 6.27. The van der Waals surface area contributed by atoms with Crippen molar-refractivity contribution >= 4 is 5.97 Å². The van der Waals surface area contributed by atoms with E-state index in [2.05, 4.69) is 0 Å². The molecule has 0 aromatic heterocycles. The van der Waals surface area contributed by atoms with Crippen LogP contribution in [0.15, 0.2) is 0 Å². The third-order valence-corrected chi connectivity index (χ3v) is 2.81. The van der Waals surface area contributed by atoms with E-state index in [1.54, 1.807) is 6.92 Å². The molecule has 100 valence electrons. The summed E-state index contributed by atoms with van der Waals surface area (Å²) in [5.41, 5.74) is 5.74. The molecule has 7 heteroatoms. The monoisotopic (exact) mass is 249 g/mol. The molecule has 1 saturated heterocycles. The van der Waals surface area contributed by atoms with Crippen molar-refractivity contribution < 1.29 is 29.2 Å². The molecule has 1 fully saturated rings. The zero-order valence-corrected chi connectivity index (χ0v) is 9.91. The number of hydrogen-bond acceptors (Lipinski definition) is 6. The molecule has 0 saturated carbocycles. The van der Waals surface area contributed by atoms with Gasteiger partial charge in [-0.05, 0) is 6.92 Å². The molecule has 5 unspecified atom stereocenters. The number of aliphatic carboxylic acids is 1. The molecule has 0 spiro atoms. The first-order valence-corrected chi connectivity index (χ1v) is 5.38. The van der Waals surface area contributed by atoms with Crippen LogP contribution in [-0.2, 0) is 19.0 Å². The zero-order chi connectivity index (χ0) is 13.0. The van der Waals surface area contributed by atoms with Gasteiger partial charge in [-0.15, -0.1) is 0 Å². The van der Waals surface area contributed by atoms with E-state index in [9.17, 15) is 9.90 Å². The first kappa shape index (κ1) is 14.3.